The van der Waals surface area contributed by atoms with E-state index in [1.807, 2.05) is 0 Å². The molecule has 0 spiro atoms. The van der Waals surface area contributed by atoms with Gasteiger partial charge in [0.2, 0.25) is 0 Å². The van der Waals surface area contributed by atoms with Gasteiger partial charge >= 0.3 is 41.5 Å². The van der Waals surface area contributed by atoms with Gasteiger partial charge in [0.15, 0.2) is 0 Å². The maximum absolute atomic E-state index is 11.1. The molecule has 120 valence electrons. The van der Waals surface area contributed by atoms with Gasteiger partial charge in [0.05, 0.1) is 0 Å². The van der Waals surface area contributed by atoms with Crippen molar-refractivity contribution in [3.05, 3.63) is 0 Å². The van der Waals surface area contributed by atoms with Crippen LogP contribution >= 0.6 is 0 Å². The number of esters is 2. The molecule has 0 bridgehead atoms. The number of carbonyl (C=O) groups is 2. The maximum Gasteiger partial charge on any atom is 1.00 e. The second kappa shape index (κ2) is 18.1. The average Bonchev–Trinajstić information content (AvgIpc) is 2.44. The van der Waals surface area contributed by atoms with Gasteiger partial charge in [-0.05, 0) is 6.42 Å². The first-order chi connectivity index (χ1) is 9.70. The molecule has 0 aliphatic carbocycles. The van der Waals surface area contributed by atoms with Crippen molar-refractivity contribution in [2.24, 2.45) is 0 Å². The minimum atomic E-state index is -0.863. The Morgan fingerprint density at radius 3 is 1.67 bits per heavy atom. The third kappa shape index (κ3) is 18.1. The molecule has 0 rings (SSSR count). The Hall–Kier alpha value is 0.1000. The number of aliphatic hydroxyl groups is 1. The van der Waals surface area contributed by atoms with E-state index in [4.69, 9.17) is 5.11 Å². The van der Waals surface area contributed by atoms with E-state index in [2.05, 4.69) is 11.7 Å². The van der Waals surface area contributed by atoms with Gasteiger partial charge in [-0.1, -0.05) is 71.1 Å². The Bertz CT molecular complexity index is 263. The van der Waals surface area contributed by atoms with Crippen molar-refractivity contribution in [2.75, 3.05) is 6.61 Å². The summed E-state index contributed by atoms with van der Waals surface area (Å²) < 4.78 is 4.36. The molecule has 0 atom stereocenters. The van der Waals surface area contributed by atoms with E-state index < -0.39 is 18.5 Å². The molecule has 0 aliphatic heterocycles. The normalized spacial score (nSPS) is 10.0. The van der Waals surface area contributed by atoms with Crippen LogP contribution in [0.4, 0.5) is 0 Å². The van der Waals surface area contributed by atoms with E-state index in [0.717, 1.165) is 19.3 Å². The summed E-state index contributed by atoms with van der Waals surface area (Å²) in [7, 11) is 0. The number of unbranched alkanes of at least 4 members (excludes halogenated alkanes) is 10. The molecule has 0 fully saturated rings. The molecule has 1 N–H and O–H groups in total. The number of aliphatic hydroxyl groups excluding tert-OH is 1. The fraction of sp³-hybridized carbons (Fsp3) is 0.875. The van der Waals surface area contributed by atoms with Crippen molar-refractivity contribution < 1.29 is 50.4 Å². The van der Waals surface area contributed by atoms with Crippen LogP contribution in [0.1, 0.15) is 85.4 Å². The van der Waals surface area contributed by atoms with Crippen molar-refractivity contribution in [2.45, 2.75) is 84.0 Å². The zero-order valence-corrected chi connectivity index (χ0v) is 15.9. The summed E-state index contributed by atoms with van der Waals surface area (Å²) in [5.74, 6) is -1.39. The molecule has 0 aromatic carbocycles. The van der Waals surface area contributed by atoms with Gasteiger partial charge in [0.25, 0.3) is 0 Å². The Morgan fingerprint density at radius 2 is 1.24 bits per heavy atom. The summed E-state index contributed by atoms with van der Waals surface area (Å²) in [5.41, 5.74) is 0. The van der Waals surface area contributed by atoms with Gasteiger partial charge in [-0.3, -0.25) is 4.79 Å². The van der Waals surface area contributed by atoms with E-state index in [0.29, 0.717) is 0 Å². The first kappa shape index (κ1) is 23.4. The van der Waals surface area contributed by atoms with Crippen LogP contribution in [-0.4, -0.2) is 23.7 Å². The predicted molar refractivity (Wildman–Crippen MR) is 80.4 cm³/mol. The predicted octanol–water partition coefficient (Wildman–Crippen LogP) is 0.866. The zero-order chi connectivity index (χ0) is 15.1. The summed E-state index contributed by atoms with van der Waals surface area (Å²) in [4.78, 5) is 21.7. The van der Waals surface area contributed by atoms with Gasteiger partial charge < -0.3 is 11.3 Å². The molecule has 0 saturated heterocycles. The fourth-order valence-electron chi connectivity index (χ4n) is 2.14. The van der Waals surface area contributed by atoms with E-state index in [9.17, 15) is 9.59 Å². The minimum Gasteiger partial charge on any atom is -1.00 e. The Morgan fingerprint density at radius 1 is 0.810 bits per heavy atom. The fourth-order valence-corrected chi connectivity index (χ4v) is 2.14. The quantitative estimate of drug-likeness (QED) is 0.237. The first-order valence-corrected chi connectivity index (χ1v) is 8.05. The van der Waals surface area contributed by atoms with Gasteiger partial charge in [0, 0.05) is 6.42 Å². The maximum atomic E-state index is 11.1. The number of rotatable bonds is 13. The Balaban J connectivity index is -0.00000180. The SMILES string of the molecule is CCCCCCCCCCCCCC(=O)OC(=O)CO.[H-].[Na+]. The molecule has 0 unspecified atom stereocenters. The first-order valence-electron chi connectivity index (χ1n) is 8.05. The summed E-state index contributed by atoms with van der Waals surface area (Å²) in [6.07, 6.45) is 13.7. The molecule has 0 aromatic rings. The molecular formula is C16H31NaO4. The van der Waals surface area contributed by atoms with E-state index in [-0.39, 0.29) is 37.4 Å². The molecule has 0 radical (unpaired) electrons. The zero-order valence-electron chi connectivity index (χ0n) is 14.9. The van der Waals surface area contributed by atoms with Crippen molar-refractivity contribution in [1.29, 1.82) is 0 Å². The second-order valence-electron chi connectivity index (χ2n) is 5.29. The smallest absolute Gasteiger partial charge is 1.00 e. The van der Waals surface area contributed by atoms with Gasteiger partial charge in [0.1, 0.15) is 6.61 Å². The number of hydrogen-bond acceptors (Lipinski definition) is 4. The molecule has 0 heterocycles. The summed E-state index contributed by atoms with van der Waals surface area (Å²) in [5, 5.41) is 8.42. The van der Waals surface area contributed by atoms with Gasteiger partial charge in [-0.15, -0.1) is 0 Å². The van der Waals surface area contributed by atoms with E-state index in [1.54, 1.807) is 0 Å². The minimum absolute atomic E-state index is 0. The third-order valence-corrected chi connectivity index (χ3v) is 3.34. The van der Waals surface area contributed by atoms with Crippen LogP contribution < -0.4 is 29.6 Å². The Kier molecular flexibility index (Phi) is 20.2. The average molecular weight is 310 g/mol. The number of ether oxygens (including phenoxy) is 1. The van der Waals surface area contributed by atoms with Crippen molar-refractivity contribution in [3.8, 4) is 0 Å². The summed E-state index contributed by atoms with van der Waals surface area (Å²) >= 11 is 0. The summed E-state index contributed by atoms with van der Waals surface area (Å²) in [6, 6.07) is 0. The molecule has 4 nitrogen and oxygen atoms in total. The van der Waals surface area contributed by atoms with E-state index in [1.165, 1.54) is 51.4 Å². The monoisotopic (exact) mass is 310 g/mol. The van der Waals surface area contributed by atoms with Crippen LogP contribution in [-0.2, 0) is 14.3 Å². The van der Waals surface area contributed by atoms with Crippen LogP contribution in [0.3, 0.4) is 0 Å². The van der Waals surface area contributed by atoms with Crippen molar-refractivity contribution >= 4 is 11.9 Å². The van der Waals surface area contributed by atoms with Crippen molar-refractivity contribution in [1.82, 2.24) is 0 Å². The number of hydrogen-bond donors (Lipinski definition) is 1. The number of carbonyl (C=O) groups excluding carboxylic acids is 2. The molecule has 0 aromatic heterocycles. The van der Waals surface area contributed by atoms with E-state index >= 15 is 0 Å². The third-order valence-electron chi connectivity index (χ3n) is 3.34. The van der Waals surface area contributed by atoms with Gasteiger partial charge in [-0.2, -0.15) is 0 Å². The molecule has 0 saturated carbocycles. The Labute approximate surface area is 152 Å². The topological polar surface area (TPSA) is 63.6 Å². The molecule has 21 heavy (non-hydrogen) atoms. The second-order valence-corrected chi connectivity index (χ2v) is 5.29. The van der Waals surface area contributed by atoms with Crippen LogP contribution in [0.5, 0.6) is 0 Å². The van der Waals surface area contributed by atoms with Crippen LogP contribution in [0.2, 0.25) is 0 Å². The summed E-state index contributed by atoms with van der Waals surface area (Å²) in [6.45, 7) is 1.50. The molecule has 0 amide bonds. The van der Waals surface area contributed by atoms with Crippen LogP contribution in [0.25, 0.3) is 0 Å². The van der Waals surface area contributed by atoms with Crippen LogP contribution in [0.15, 0.2) is 0 Å². The van der Waals surface area contributed by atoms with Crippen molar-refractivity contribution in [3.63, 3.8) is 0 Å². The largest absolute Gasteiger partial charge is 1.00 e. The molecule has 0 aliphatic rings. The standard InChI is InChI=1S/C16H30O4.Na.H/c1-2-3-4-5-6-7-8-9-10-11-12-13-15(18)20-16(19)14-17;;/h17H,2-14H2,1H3;;/q;+1;-1. The molecule has 5 heteroatoms. The van der Waals surface area contributed by atoms with Crippen LogP contribution in [0, 0.1) is 0 Å². The molecular weight excluding hydrogens is 279 g/mol. The van der Waals surface area contributed by atoms with Gasteiger partial charge in [-0.25, -0.2) is 4.79 Å².